The zero-order valence-corrected chi connectivity index (χ0v) is 15.5. The molecule has 0 saturated carbocycles. The summed E-state index contributed by atoms with van der Waals surface area (Å²) in [6.07, 6.45) is 0.0837. The van der Waals surface area contributed by atoms with Crippen molar-refractivity contribution in [3.8, 4) is 17.2 Å². The van der Waals surface area contributed by atoms with Gasteiger partial charge in [0, 0.05) is 11.8 Å². The minimum absolute atomic E-state index is 0.0837. The number of nitrogens with zero attached hydrogens (tertiary/aromatic N) is 1. The lowest BCUT2D eigenvalue weighted by atomic mass is 10.2. The van der Waals surface area contributed by atoms with Crippen molar-refractivity contribution in [1.29, 1.82) is 0 Å². The molecule has 142 valence electrons. The first kappa shape index (κ1) is 18.6. The van der Waals surface area contributed by atoms with Gasteiger partial charge >= 0.3 is 0 Å². The summed E-state index contributed by atoms with van der Waals surface area (Å²) in [5.74, 6) is 1.29. The highest BCUT2D eigenvalue weighted by atomic mass is 16.5. The molecular weight excluding hydrogens is 348 g/mol. The molecule has 1 fully saturated rings. The summed E-state index contributed by atoms with van der Waals surface area (Å²) in [6, 6.07) is 11.5. The predicted molar refractivity (Wildman–Crippen MR) is 102 cm³/mol. The van der Waals surface area contributed by atoms with Gasteiger partial charge in [-0.1, -0.05) is 0 Å². The molecule has 1 N–H and O–H groups in total. The third kappa shape index (κ3) is 3.81. The van der Waals surface area contributed by atoms with Gasteiger partial charge in [0.25, 0.3) is 5.91 Å². The highest BCUT2D eigenvalue weighted by Crippen LogP contribution is 2.32. The molecule has 0 aromatic heterocycles. The van der Waals surface area contributed by atoms with E-state index in [1.165, 1.54) is 4.90 Å². The normalized spacial score (nSPS) is 16.4. The predicted octanol–water partition coefficient (Wildman–Crippen LogP) is 2.85. The van der Waals surface area contributed by atoms with E-state index in [1.807, 2.05) is 6.92 Å². The Kier molecular flexibility index (Phi) is 5.49. The van der Waals surface area contributed by atoms with Gasteiger partial charge in [0.1, 0.15) is 11.8 Å². The Bertz CT molecular complexity index is 835. The maximum Gasteiger partial charge on any atom is 0.256 e. The van der Waals surface area contributed by atoms with Crippen LogP contribution in [0.3, 0.4) is 0 Å². The van der Waals surface area contributed by atoms with Gasteiger partial charge in [0.2, 0.25) is 5.91 Å². The molecule has 27 heavy (non-hydrogen) atoms. The quantitative estimate of drug-likeness (QED) is 0.755. The van der Waals surface area contributed by atoms with Gasteiger partial charge in [-0.25, -0.2) is 4.90 Å². The molecule has 1 atom stereocenters. The summed E-state index contributed by atoms with van der Waals surface area (Å²) in [5.41, 5.74) is 1.21. The number of hydrogen-bond acceptors (Lipinski definition) is 6. The maximum absolute atomic E-state index is 12.8. The lowest BCUT2D eigenvalue weighted by Crippen LogP contribution is -2.34. The van der Waals surface area contributed by atoms with Gasteiger partial charge < -0.3 is 19.5 Å². The van der Waals surface area contributed by atoms with E-state index in [0.29, 0.717) is 35.2 Å². The molecule has 1 aliphatic rings. The average molecular weight is 370 g/mol. The fraction of sp³-hybridized carbons (Fsp3) is 0.300. The Morgan fingerprint density at radius 3 is 2.37 bits per heavy atom. The van der Waals surface area contributed by atoms with E-state index < -0.39 is 6.04 Å². The van der Waals surface area contributed by atoms with Gasteiger partial charge in [-0.15, -0.1) is 0 Å². The number of amides is 2. The molecule has 2 amide bonds. The van der Waals surface area contributed by atoms with E-state index >= 15 is 0 Å². The van der Waals surface area contributed by atoms with Gasteiger partial charge in [-0.3, -0.25) is 9.59 Å². The number of nitrogens with one attached hydrogen (secondary N) is 1. The molecule has 2 aromatic carbocycles. The first-order valence-electron chi connectivity index (χ1n) is 8.65. The lowest BCUT2D eigenvalue weighted by molar-refractivity contribution is -0.121. The molecule has 7 heteroatoms. The van der Waals surface area contributed by atoms with Gasteiger partial charge in [0.05, 0.1) is 32.9 Å². The van der Waals surface area contributed by atoms with Gasteiger partial charge in [0.15, 0.2) is 11.5 Å². The Labute approximate surface area is 157 Å². The Morgan fingerprint density at radius 1 is 1.04 bits per heavy atom. The monoisotopic (exact) mass is 370 g/mol. The van der Waals surface area contributed by atoms with Crippen LogP contribution in [0.2, 0.25) is 0 Å². The van der Waals surface area contributed by atoms with Crippen LogP contribution in [0.1, 0.15) is 13.3 Å². The zero-order chi connectivity index (χ0) is 19.4. The van der Waals surface area contributed by atoms with E-state index in [4.69, 9.17) is 14.2 Å². The highest BCUT2D eigenvalue weighted by Gasteiger charge is 2.39. The van der Waals surface area contributed by atoms with Crippen LogP contribution in [0.15, 0.2) is 42.5 Å². The molecule has 0 spiro atoms. The van der Waals surface area contributed by atoms with Crippen LogP contribution in [-0.2, 0) is 9.59 Å². The lowest BCUT2D eigenvalue weighted by Gasteiger charge is -2.17. The molecule has 1 heterocycles. The van der Waals surface area contributed by atoms with Crippen molar-refractivity contribution >= 4 is 23.2 Å². The number of imide groups is 1. The molecule has 0 radical (unpaired) electrons. The fourth-order valence-electron chi connectivity index (χ4n) is 3.00. The van der Waals surface area contributed by atoms with Crippen LogP contribution < -0.4 is 24.4 Å². The van der Waals surface area contributed by atoms with Crippen molar-refractivity contribution in [2.45, 2.75) is 19.4 Å². The first-order valence-corrected chi connectivity index (χ1v) is 8.65. The first-order chi connectivity index (χ1) is 13.1. The van der Waals surface area contributed by atoms with Crippen molar-refractivity contribution < 1.29 is 23.8 Å². The summed E-state index contributed by atoms with van der Waals surface area (Å²) in [5, 5.41) is 3.11. The number of hydrogen-bond donors (Lipinski definition) is 1. The zero-order valence-electron chi connectivity index (χ0n) is 15.5. The fourth-order valence-corrected chi connectivity index (χ4v) is 3.00. The largest absolute Gasteiger partial charge is 0.494 e. The highest BCUT2D eigenvalue weighted by molar-refractivity contribution is 6.23. The minimum atomic E-state index is -0.637. The average Bonchev–Trinajstić information content (AvgIpc) is 2.96. The molecule has 2 aromatic rings. The van der Waals surface area contributed by atoms with E-state index in [0.717, 1.165) is 0 Å². The Hall–Kier alpha value is -3.22. The Morgan fingerprint density at radius 2 is 1.74 bits per heavy atom. The topological polar surface area (TPSA) is 77.1 Å². The van der Waals surface area contributed by atoms with Crippen LogP contribution >= 0.6 is 0 Å². The van der Waals surface area contributed by atoms with Crippen LogP contribution in [0.4, 0.5) is 11.4 Å². The molecule has 0 aliphatic carbocycles. The van der Waals surface area contributed by atoms with E-state index in [2.05, 4.69) is 5.32 Å². The van der Waals surface area contributed by atoms with Crippen molar-refractivity contribution in [2.24, 2.45) is 0 Å². The van der Waals surface area contributed by atoms with Crippen LogP contribution in [-0.4, -0.2) is 38.7 Å². The molecule has 0 unspecified atom stereocenters. The molecule has 3 rings (SSSR count). The second-order valence-corrected chi connectivity index (χ2v) is 5.97. The number of ether oxygens (including phenoxy) is 3. The number of anilines is 2. The minimum Gasteiger partial charge on any atom is -0.494 e. The maximum atomic E-state index is 12.8. The van der Waals surface area contributed by atoms with Crippen molar-refractivity contribution in [1.82, 2.24) is 0 Å². The third-order valence-corrected chi connectivity index (χ3v) is 4.28. The third-order valence-electron chi connectivity index (χ3n) is 4.28. The summed E-state index contributed by atoms with van der Waals surface area (Å²) < 4.78 is 15.9. The molecule has 7 nitrogen and oxygen atoms in total. The van der Waals surface area contributed by atoms with E-state index in [1.54, 1.807) is 56.7 Å². The van der Waals surface area contributed by atoms with Gasteiger partial charge in [-0.05, 0) is 43.3 Å². The van der Waals surface area contributed by atoms with Crippen molar-refractivity contribution in [3.63, 3.8) is 0 Å². The summed E-state index contributed by atoms with van der Waals surface area (Å²) >= 11 is 0. The molecule has 1 aliphatic heterocycles. The molecule has 0 bridgehead atoms. The number of methoxy groups -OCH3 is 2. The standard InChI is InChI=1S/C20H22N2O5/c1-4-27-15-8-6-14(7-9-15)22-19(23)12-16(20(22)24)21-13-5-10-17(25-2)18(11-13)26-3/h5-11,16,21H,4,12H2,1-3H3/t16-/m0/s1. The smallest absolute Gasteiger partial charge is 0.256 e. The van der Waals surface area contributed by atoms with E-state index in [-0.39, 0.29) is 18.2 Å². The van der Waals surface area contributed by atoms with E-state index in [9.17, 15) is 9.59 Å². The summed E-state index contributed by atoms with van der Waals surface area (Å²) in [6.45, 7) is 2.45. The van der Waals surface area contributed by atoms with Crippen LogP contribution in [0.5, 0.6) is 17.2 Å². The van der Waals surface area contributed by atoms with Crippen LogP contribution in [0, 0.1) is 0 Å². The molecular formula is C20H22N2O5. The number of rotatable bonds is 7. The SMILES string of the molecule is CCOc1ccc(N2C(=O)C[C@H](Nc3ccc(OC)c(OC)c3)C2=O)cc1. The summed E-state index contributed by atoms with van der Waals surface area (Å²) in [4.78, 5) is 26.4. The summed E-state index contributed by atoms with van der Waals surface area (Å²) in [7, 11) is 3.10. The number of benzene rings is 2. The second-order valence-electron chi connectivity index (χ2n) is 5.97. The van der Waals surface area contributed by atoms with Gasteiger partial charge in [-0.2, -0.15) is 0 Å². The number of carbonyl (C=O) groups excluding carboxylic acids is 2. The number of carbonyl (C=O) groups is 2. The second kappa shape index (κ2) is 7.99. The molecule has 1 saturated heterocycles. The van der Waals surface area contributed by atoms with Crippen LogP contribution in [0.25, 0.3) is 0 Å². The van der Waals surface area contributed by atoms with Crippen molar-refractivity contribution in [3.05, 3.63) is 42.5 Å². The Balaban J connectivity index is 1.76. The van der Waals surface area contributed by atoms with Crippen molar-refractivity contribution in [2.75, 3.05) is 31.0 Å².